The maximum absolute atomic E-state index is 14.1. The topological polar surface area (TPSA) is 84.9 Å². The van der Waals surface area contributed by atoms with Crippen LogP contribution in [0.15, 0.2) is 54.6 Å². The third kappa shape index (κ3) is 3.97. The Bertz CT molecular complexity index is 799. The Hall–Kier alpha value is -1.84. The highest BCUT2D eigenvalue weighted by Gasteiger charge is 2.39. The van der Waals surface area contributed by atoms with Crippen LogP contribution in [0.25, 0.3) is 0 Å². The van der Waals surface area contributed by atoms with Crippen LogP contribution in [0.3, 0.4) is 0 Å². The van der Waals surface area contributed by atoms with Crippen molar-refractivity contribution in [1.82, 2.24) is 4.72 Å². The number of halogens is 1. The molecule has 1 heterocycles. The highest BCUT2D eigenvalue weighted by molar-refractivity contribution is 7.83. The number of rotatable bonds is 5. The molecule has 0 saturated carbocycles. The lowest BCUT2D eigenvalue weighted by atomic mass is 10.0. The molecule has 3 rings (SSSR count). The molecule has 1 unspecified atom stereocenters. The molecule has 0 aromatic heterocycles. The van der Waals surface area contributed by atoms with Crippen LogP contribution in [0, 0.1) is 5.82 Å². The Labute approximate surface area is 139 Å². The van der Waals surface area contributed by atoms with Crippen LogP contribution in [0.4, 0.5) is 4.39 Å². The Morgan fingerprint density at radius 2 is 1.71 bits per heavy atom. The van der Waals surface area contributed by atoms with Crippen molar-refractivity contribution in [2.45, 2.75) is 18.5 Å². The van der Waals surface area contributed by atoms with Crippen molar-refractivity contribution >= 4 is 10.3 Å². The lowest BCUT2D eigenvalue weighted by molar-refractivity contribution is -0.0690. The second kappa shape index (κ2) is 6.96. The van der Waals surface area contributed by atoms with E-state index in [9.17, 15) is 12.8 Å². The summed E-state index contributed by atoms with van der Waals surface area (Å²) in [6.07, 6.45) is -2.37. The maximum atomic E-state index is 14.1. The van der Waals surface area contributed by atoms with Crippen LogP contribution in [0.1, 0.15) is 23.5 Å². The van der Waals surface area contributed by atoms with E-state index < -0.39 is 34.6 Å². The van der Waals surface area contributed by atoms with Gasteiger partial charge in [0.1, 0.15) is 18.0 Å². The summed E-state index contributed by atoms with van der Waals surface area (Å²) in [6.45, 7) is -0.249. The number of ether oxygens (including phenoxy) is 2. The zero-order valence-corrected chi connectivity index (χ0v) is 13.3. The van der Waals surface area contributed by atoms with E-state index in [1.807, 2.05) is 22.9 Å². The van der Waals surface area contributed by atoms with Gasteiger partial charge >= 0.3 is 10.3 Å². The van der Waals surface area contributed by atoms with Gasteiger partial charge in [-0.1, -0.05) is 48.5 Å². The molecule has 24 heavy (non-hydrogen) atoms. The Balaban J connectivity index is 1.86. The number of hydrogen-bond acceptors (Lipinski definition) is 4. The lowest BCUT2D eigenvalue weighted by Gasteiger charge is -2.17. The van der Waals surface area contributed by atoms with E-state index in [1.54, 1.807) is 30.3 Å². The molecule has 1 fully saturated rings. The highest BCUT2D eigenvalue weighted by atomic mass is 32.2. The first-order valence-corrected chi connectivity index (χ1v) is 8.70. The molecular formula is C16H16FNO5S. The van der Waals surface area contributed by atoms with Crippen molar-refractivity contribution in [3.63, 3.8) is 0 Å². The molecule has 2 aromatic carbocycles. The predicted molar refractivity (Wildman–Crippen MR) is 83.8 cm³/mol. The van der Waals surface area contributed by atoms with Gasteiger partial charge in [-0.2, -0.15) is 13.1 Å². The Morgan fingerprint density at radius 1 is 1.04 bits per heavy atom. The SMILES string of the molecule is O=S(=O)(O)NC[C@@H]1OC(c2ccccc2)O[C@H]1c1ccccc1F. The van der Waals surface area contributed by atoms with Crippen LogP contribution in [-0.2, 0) is 19.8 Å². The van der Waals surface area contributed by atoms with Crippen molar-refractivity contribution < 1.29 is 26.8 Å². The van der Waals surface area contributed by atoms with Crippen LogP contribution in [0.5, 0.6) is 0 Å². The fourth-order valence-corrected chi connectivity index (χ4v) is 2.95. The molecule has 0 radical (unpaired) electrons. The zero-order chi connectivity index (χ0) is 17.2. The molecule has 0 bridgehead atoms. The average Bonchev–Trinajstić information content (AvgIpc) is 2.98. The molecule has 2 aromatic rings. The van der Waals surface area contributed by atoms with Gasteiger partial charge in [0, 0.05) is 17.7 Å². The van der Waals surface area contributed by atoms with Gasteiger partial charge < -0.3 is 9.47 Å². The molecule has 8 heteroatoms. The molecule has 3 atom stereocenters. The van der Waals surface area contributed by atoms with Crippen molar-refractivity contribution in [2.75, 3.05) is 6.54 Å². The van der Waals surface area contributed by atoms with Gasteiger partial charge in [-0.15, -0.1) is 0 Å². The third-order valence-corrected chi connectivity index (χ3v) is 4.19. The molecular weight excluding hydrogens is 337 g/mol. The normalized spacial score (nSPS) is 24.2. The highest BCUT2D eigenvalue weighted by Crippen LogP contribution is 2.40. The minimum absolute atomic E-state index is 0.249. The summed E-state index contributed by atoms with van der Waals surface area (Å²) >= 11 is 0. The molecule has 0 amide bonds. The molecule has 1 saturated heterocycles. The van der Waals surface area contributed by atoms with Crippen molar-refractivity contribution in [2.24, 2.45) is 0 Å². The minimum atomic E-state index is -4.39. The Morgan fingerprint density at radius 3 is 2.38 bits per heavy atom. The molecule has 128 valence electrons. The van der Waals surface area contributed by atoms with E-state index in [-0.39, 0.29) is 12.1 Å². The summed E-state index contributed by atoms with van der Waals surface area (Å²) in [5.41, 5.74) is 0.992. The maximum Gasteiger partial charge on any atom is 0.333 e. The third-order valence-electron chi connectivity index (χ3n) is 3.66. The van der Waals surface area contributed by atoms with Crippen molar-refractivity contribution in [3.05, 3.63) is 71.5 Å². The quantitative estimate of drug-likeness (QED) is 0.806. The molecule has 1 aliphatic heterocycles. The van der Waals surface area contributed by atoms with E-state index >= 15 is 0 Å². The zero-order valence-electron chi connectivity index (χ0n) is 12.5. The smallest absolute Gasteiger partial charge is 0.333 e. The van der Waals surface area contributed by atoms with E-state index in [2.05, 4.69) is 0 Å². The van der Waals surface area contributed by atoms with Gasteiger partial charge in [0.15, 0.2) is 6.29 Å². The molecule has 6 nitrogen and oxygen atoms in total. The minimum Gasteiger partial charge on any atom is -0.341 e. The van der Waals surface area contributed by atoms with Crippen LogP contribution in [0.2, 0.25) is 0 Å². The van der Waals surface area contributed by atoms with Gasteiger partial charge in [0.2, 0.25) is 0 Å². The summed E-state index contributed by atoms with van der Waals surface area (Å²) in [5, 5.41) is 0. The second-order valence-corrected chi connectivity index (χ2v) is 6.56. The fourth-order valence-electron chi connectivity index (χ4n) is 2.57. The summed E-state index contributed by atoms with van der Waals surface area (Å²) < 4.78 is 58.3. The van der Waals surface area contributed by atoms with Gasteiger partial charge in [-0.3, -0.25) is 4.55 Å². The van der Waals surface area contributed by atoms with Gasteiger partial charge in [0.25, 0.3) is 0 Å². The van der Waals surface area contributed by atoms with Crippen molar-refractivity contribution in [1.29, 1.82) is 0 Å². The van der Waals surface area contributed by atoms with E-state index in [1.165, 1.54) is 6.07 Å². The van der Waals surface area contributed by atoms with Gasteiger partial charge in [-0.05, 0) is 6.07 Å². The summed E-state index contributed by atoms with van der Waals surface area (Å²) in [6, 6.07) is 15.1. The van der Waals surface area contributed by atoms with Crippen molar-refractivity contribution in [3.8, 4) is 0 Å². The van der Waals surface area contributed by atoms with Gasteiger partial charge in [-0.25, -0.2) is 4.39 Å². The summed E-state index contributed by atoms with van der Waals surface area (Å²) in [5.74, 6) is -0.475. The second-order valence-electron chi connectivity index (χ2n) is 5.32. The van der Waals surface area contributed by atoms with Gasteiger partial charge in [0.05, 0.1) is 0 Å². The largest absolute Gasteiger partial charge is 0.341 e. The van der Waals surface area contributed by atoms with Crippen LogP contribution >= 0.6 is 0 Å². The molecule has 0 spiro atoms. The molecule has 0 aliphatic carbocycles. The molecule has 1 aliphatic rings. The van der Waals surface area contributed by atoms with Crippen LogP contribution < -0.4 is 4.72 Å². The number of benzene rings is 2. The predicted octanol–water partition coefficient (Wildman–Crippen LogP) is 2.37. The standard InChI is InChI=1S/C16H16FNO5S/c17-13-9-5-4-8-12(13)15-14(10-18-24(19,20)21)22-16(23-15)11-6-2-1-3-7-11/h1-9,14-16,18H,10H2,(H,19,20,21)/t14-,15-,16?/m0/s1. The average molecular weight is 353 g/mol. The number of hydrogen-bond donors (Lipinski definition) is 2. The monoisotopic (exact) mass is 353 g/mol. The van der Waals surface area contributed by atoms with E-state index in [4.69, 9.17) is 14.0 Å². The summed E-state index contributed by atoms with van der Waals surface area (Å²) in [4.78, 5) is 0. The molecule has 2 N–H and O–H groups in total. The Kier molecular flexibility index (Phi) is 4.93. The first-order chi connectivity index (χ1) is 11.4. The van der Waals surface area contributed by atoms with Crippen LogP contribution in [-0.4, -0.2) is 25.6 Å². The first kappa shape index (κ1) is 17.0. The van der Waals surface area contributed by atoms with E-state index in [0.717, 1.165) is 5.56 Å². The number of nitrogens with one attached hydrogen (secondary N) is 1. The first-order valence-electron chi connectivity index (χ1n) is 7.26. The summed E-state index contributed by atoms with van der Waals surface area (Å²) in [7, 11) is -4.39. The van der Waals surface area contributed by atoms with E-state index in [0.29, 0.717) is 0 Å². The lowest BCUT2D eigenvalue weighted by Crippen LogP contribution is -2.34. The fraction of sp³-hybridized carbons (Fsp3) is 0.250.